The Morgan fingerprint density at radius 3 is 2.33 bits per heavy atom. The van der Waals surface area contributed by atoms with Crippen molar-refractivity contribution >= 4 is 34.9 Å². The normalized spacial score (nSPS) is 21.9. The van der Waals surface area contributed by atoms with Gasteiger partial charge in [-0.3, -0.25) is 19.3 Å². The summed E-state index contributed by atoms with van der Waals surface area (Å²) in [6, 6.07) is 9.90. The fourth-order valence-electron chi connectivity index (χ4n) is 5.10. The van der Waals surface area contributed by atoms with Crippen molar-refractivity contribution in [2.45, 2.75) is 38.4 Å². The van der Waals surface area contributed by atoms with Crippen molar-refractivity contribution in [1.29, 1.82) is 0 Å². The summed E-state index contributed by atoms with van der Waals surface area (Å²) in [4.78, 5) is 46.2. The van der Waals surface area contributed by atoms with Gasteiger partial charge in [0, 0.05) is 65.1 Å². The van der Waals surface area contributed by atoms with Gasteiger partial charge in [0.05, 0.1) is 16.5 Å². The Kier molecular flexibility index (Phi) is 7.38. The van der Waals surface area contributed by atoms with Crippen LogP contribution in [0.3, 0.4) is 0 Å². The molecular weight excluding hydrogens is 483 g/mol. The lowest BCUT2D eigenvalue weighted by atomic mass is 9.94. The van der Waals surface area contributed by atoms with Gasteiger partial charge < -0.3 is 14.7 Å². The number of hydrogen-bond donors (Lipinski definition) is 0. The fourth-order valence-corrected chi connectivity index (χ4v) is 5.34. The van der Waals surface area contributed by atoms with E-state index in [4.69, 9.17) is 11.6 Å². The van der Waals surface area contributed by atoms with Crippen molar-refractivity contribution in [3.8, 4) is 0 Å². The number of fused-ring (bicyclic) bond motifs is 1. The molecule has 0 bridgehead atoms. The van der Waals surface area contributed by atoms with Crippen LogP contribution < -0.4 is 4.90 Å². The molecule has 2 aromatic rings. The summed E-state index contributed by atoms with van der Waals surface area (Å²) in [5.41, 5.74) is 2.77. The van der Waals surface area contributed by atoms with Gasteiger partial charge in [-0.1, -0.05) is 23.7 Å². The molecule has 3 atom stereocenters. The predicted molar refractivity (Wildman–Crippen MR) is 138 cm³/mol. The van der Waals surface area contributed by atoms with Gasteiger partial charge in [-0.05, 0) is 49.2 Å². The first-order chi connectivity index (χ1) is 17.0. The second kappa shape index (κ2) is 10.2. The van der Waals surface area contributed by atoms with Gasteiger partial charge in [0.2, 0.25) is 5.78 Å². The van der Waals surface area contributed by atoms with E-state index in [0.29, 0.717) is 42.3 Å². The highest BCUT2D eigenvalue weighted by molar-refractivity contribution is 6.39. The summed E-state index contributed by atoms with van der Waals surface area (Å²) in [6.45, 7) is 6.26. The van der Waals surface area contributed by atoms with Crippen molar-refractivity contribution in [2.24, 2.45) is 0 Å². The van der Waals surface area contributed by atoms with Crippen molar-refractivity contribution in [3.05, 3.63) is 63.9 Å². The predicted octanol–water partition coefficient (Wildman–Crippen LogP) is 3.40. The second-order valence-electron chi connectivity index (χ2n) is 10.1. The highest BCUT2D eigenvalue weighted by atomic mass is 35.5. The Morgan fingerprint density at radius 2 is 1.69 bits per heavy atom. The molecule has 2 aromatic carbocycles. The number of hydrogen-bond acceptors (Lipinski definition) is 5. The third kappa shape index (κ3) is 4.97. The zero-order valence-corrected chi connectivity index (χ0v) is 22.1. The quantitative estimate of drug-likeness (QED) is 0.572. The van der Waals surface area contributed by atoms with Crippen LogP contribution in [0.15, 0.2) is 36.4 Å². The maximum atomic E-state index is 13.7. The van der Waals surface area contributed by atoms with E-state index in [9.17, 15) is 18.8 Å². The van der Waals surface area contributed by atoms with Crippen LogP contribution >= 0.6 is 11.6 Å². The maximum absolute atomic E-state index is 13.7. The molecule has 1 unspecified atom stereocenters. The van der Waals surface area contributed by atoms with Crippen molar-refractivity contribution in [1.82, 2.24) is 14.7 Å². The molecule has 9 heteroatoms. The van der Waals surface area contributed by atoms with Crippen LogP contribution in [0.5, 0.6) is 0 Å². The Labute approximate surface area is 216 Å². The molecule has 0 aliphatic carbocycles. The van der Waals surface area contributed by atoms with Gasteiger partial charge >= 0.3 is 0 Å². The van der Waals surface area contributed by atoms with Gasteiger partial charge in [0.25, 0.3) is 11.8 Å². The topological polar surface area (TPSA) is 64.2 Å². The summed E-state index contributed by atoms with van der Waals surface area (Å²) in [5, 5.41) is 0.325. The average molecular weight is 515 g/mol. The Bertz CT molecular complexity index is 1190. The van der Waals surface area contributed by atoms with Gasteiger partial charge in [0.15, 0.2) is 0 Å². The molecule has 2 heterocycles. The first-order valence-electron chi connectivity index (χ1n) is 12.1. The Morgan fingerprint density at radius 1 is 1.03 bits per heavy atom. The summed E-state index contributed by atoms with van der Waals surface area (Å²) >= 11 is 6.59. The molecular formula is C27H32ClFN4O3. The zero-order chi connectivity index (χ0) is 26.3. The van der Waals surface area contributed by atoms with Gasteiger partial charge in [-0.2, -0.15) is 0 Å². The molecule has 0 N–H and O–H groups in total. The van der Waals surface area contributed by atoms with Crippen LogP contribution in [-0.4, -0.2) is 85.2 Å². The third-order valence-electron chi connectivity index (χ3n) is 7.20. The minimum atomic E-state index is -0.646. The lowest BCUT2D eigenvalue weighted by Gasteiger charge is -2.44. The molecule has 2 aliphatic rings. The number of amides is 2. The summed E-state index contributed by atoms with van der Waals surface area (Å²) in [5.74, 6) is -2.16. The Balaban J connectivity index is 1.55. The molecule has 7 nitrogen and oxygen atoms in total. The number of piperazine rings is 1. The monoisotopic (exact) mass is 514 g/mol. The highest BCUT2D eigenvalue weighted by Crippen LogP contribution is 2.40. The molecule has 2 amide bonds. The molecule has 1 fully saturated rings. The molecule has 0 aromatic heterocycles. The van der Waals surface area contributed by atoms with E-state index < -0.39 is 17.6 Å². The second-order valence-corrected chi connectivity index (χ2v) is 10.5. The number of carbonyl (C=O) groups is 3. The molecule has 4 rings (SSSR count). The molecule has 0 saturated carbocycles. The standard InChI is InChI=1S/C27H32ClFN4O3/c1-16-13-33(17(2)12-32(16)14-18-6-8-19(29)9-7-18)26(35)21-10-20-22(25(34)27(36)30(3)4)15-31(5)24(20)11-23(21)28/h6-11,16-17,22H,12-15H2,1-5H3/t16-,17-,22?/m1/s1. The number of carbonyl (C=O) groups excluding carboxylic acids is 3. The van der Waals surface area contributed by atoms with Crippen molar-refractivity contribution < 1.29 is 18.8 Å². The van der Waals surface area contributed by atoms with E-state index in [-0.39, 0.29) is 23.8 Å². The minimum absolute atomic E-state index is 0.0751. The first kappa shape index (κ1) is 26.1. The first-order valence-corrected chi connectivity index (χ1v) is 12.4. The van der Waals surface area contributed by atoms with Crippen LogP contribution in [0.4, 0.5) is 10.1 Å². The SMILES string of the molecule is C[C@@H]1CN(C(=O)c2cc3c(cc2Cl)N(C)CC3C(=O)C(=O)N(C)C)[C@H](C)CN1Cc1ccc(F)cc1. The van der Waals surface area contributed by atoms with E-state index >= 15 is 0 Å². The van der Waals surface area contributed by atoms with E-state index in [1.54, 1.807) is 38.4 Å². The number of halogens is 2. The van der Waals surface area contributed by atoms with Gasteiger partial charge in [0.1, 0.15) is 5.82 Å². The smallest absolute Gasteiger partial charge is 0.290 e. The van der Waals surface area contributed by atoms with E-state index in [0.717, 1.165) is 11.3 Å². The lowest BCUT2D eigenvalue weighted by Crippen LogP contribution is -2.57. The average Bonchev–Trinajstić information content (AvgIpc) is 3.15. The molecule has 1 saturated heterocycles. The number of benzene rings is 2. The number of ketones is 1. The molecule has 0 spiro atoms. The van der Waals surface area contributed by atoms with E-state index in [2.05, 4.69) is 11.8 Å². The van der Waals surface area contributed by atoms with Crippen molar-refractivity contribution in [3.63, 3.8) is 0 Å². The Hall–Kier alpha value is -2.97. The number of likely N-dealkylation sites (N-methyl/N-ethyl adjacent to an activating group) is 2. The van der Waals surface area contributed by atoms with Crippen LogP contribution in [0, 0.1) is 5.82 Å². The molecule has 36 heavy (non-hydrogen) atoms. The number of anilines is 1. The van der Waals surface area contributed by atoms with Crippen LogP contribution in [0.1, 0.15) is 41.3 Å². The van der Waals surface area contributed by atoms with E-state index in [1.807, 2.05) is 23.8 Å². The number of Topliss-reactive ketones (excluding diaryl/α,β-unsaturated/α-hetero) is 1. The molecule has 192 valence electrons. The summed E-state index contributed by atoms with van der Waals surface area (Å²) in [6.07, 6.45) is 0. The highest BCUT2D eigenvalue weighted by Gasteiger charge is 2.39. The van der Waals surface area contributed by atoms with E-state index in [1.165, 1.54) is 17.0 Å². The third-order valence-corrected chi connectivity index (χ3v) is 7.51. The van der Waals surface area contributed by atoms with Gasteiger partial charge in [-0.15, -0.1) is 0 Å². The number of rotatable bonds is 5. The maximum Gasteiger partial charge on any atom is 0.290 e. The van der Waals surface area contributed by atoms with Gasteiger partial charge in [-0.25, -0.2) is 4.39 Å². The lowest BCUT2D eigenvalue weighted by molar-refractivity contribution is -0.143. The molecule has 0 radical (unpaired) electrons. The zero-order valence-electron chi connectivity index (χ0n) is 21.3. The fraction of sp³-hybridized carbons (Fsp3) is 0.444. The number of nitrogens with zero attached hydrogens (tertiary/aromatic N) is 4. The minimum Gasteiger partial charge on any atom is -0.373 e. The largest absolute Gasteiger partial charge is 0.373 e. The molecule has 2 aliphatic heterocycles. The van der Waals surface area contributed by atoms with Crippen LogP contribution in [0.2, 0.25) is 5.02 Å². The van der Waals surface area contributed by atoms with Crippen LogP contribution in [-0.2, 0) is 16.1 Å². The summed E-state index contributed by atoms with van der Waals surface area (Å²) in [7, 11) is 4.94. The van der Waals surface area contributed by atoms with Crippen LogP contribution in [0.25, 0.3) is 0 Å². The summed E-state index contributed by atoms with van der Waals surface area (Å²) < 4.78 is 13.3. The van der Waals surface area contributed by atoms with Crippen molar-refractivity contribution in [2.75, 3.05) is 45.7 Å².